The first kappa shape index (κ1) is 13.1. The predicted molar refractivity (Wildman–Crippen MR) is 73.2 cm³/mol. The summed E-state index contributed by atoms with van der Waals surface area (Å²) in [5.41, 5.74) is 2.50. The van der Waals surface area contributed by atoms with Crippen LogP contribution in [0.5, 0.6) is 0 Å². The van der Waals surface area contributed by atoms with Crippen LogP contribution in [0.4, 0.5) is 5.82 Å². The van der Waals surface area contributed by atoms with Crippen LogP contribution >= 0.6 is 23.2 Å². The number of rotatable bonds is 4. The molecule has 1 N–H and O–H groups in total. The highest BCUT2D eigenvalue weighted by Gasteiger charge is 2.05. The number of nitrogens with zero attached hydrogens (tertiary/aromatic N) is 3. The third-order valence-corrected chi connectivity index (χ3v) is 2.82. The average molecular weight is 283 g/mol. The number of aryl methyl sites for hydroxylation is 1. The Morgan fingerprint density at radius 3 is 2.83 bits per heavy atom. The molecular weight excluding hydrogens is 271 g/mol. The summed E-state index contributed by atoms with van der Waals surface area (Å²) in [5, 5.41) is 10.6. The Morgan fingerprint density at radius 2 is 2.06 bits per heavy atom. The van der Waals surface area contributed by atoms with Gasteiger partial charge in [0.25, 0.3) is 0 Å². The maximum absolute atomic E-state index is 5.85. The second-order valence-corrected chi connectivity index (χ2v) is 4.58. The van der Waals surface area contributed by atoms with E-state index in [0.717, 1.165) is 6.42 Å². The SMILES string of the molecule is Cc1cccc(CCNc2nc(Cl)nnc2Cl)c1. The van der Waals surface area contributed by atoms with E-state index >= 15 is 0 Å². The van der Waals surface area contributed by atoms with E-state index in [0.29, 0.717) is 12.4 Å². The van der Waals surface area contributed by atoms with Crippen LogP contribution in [-0.4, -0.2) is 21.7 Å². The fourth-order valence-corrected chi connectivity index (χ4v) is 1.87. The van der Waals surface area contributed by atoms with Gasteiger partial charge in [0, 0.05) is 6.54 Å². The van der Waals surface area contributed by atoms with E-state index in [-0.39, 0.29) is 10.4 Å². The number of hydrogen-bond acceptors (Lipinski definition) is 4. The van der Waals surface area contributed by atoms with Gasteiger partial charge in [-0.05, 0) is 30.5 Å². The van der Waals surface area contributed by atoms with Crippen LogP contribution in [0.2, 0.25) is 10.4 Å². The second kappa shape index (κ2) is 5.98. The van der Waals surface area contributed by atoms with Crippen LogP contribution in [0, 0.1) is 6.92 Å². The van der Waals surface area contributed by atoms with Gasteiger partial charge in [0.15, 0.2) is 11.0 Å². The zero-order valence-corrected chi connectivity index (χ0v) is 11.3. The maximum atomic E-state index is 5.85. The van der Waals surface area contributed by atoms with Crippen LogP contribution in [-0.2, 0) is 6.42 Å². The largest absolute Gasteiger partial charge is 0.367 e. The summed E-state index contributed by atoms with van der Waals surface area (Å²) < 4.78 is 0. The molecular formula is C12H12Cl2N4. The molecule has 0 atom stereocenters. The molecule has 94 valence electrons. The van der Waals surface area contributed by atoms with Gasteiger partial charge in [0.05, 0.1) is 0 Å². The van der Waals surface area contributed by atoms with Crippen molar-refractivity contribution >= 4 is 29.0 Å². The zero-order valence-electron chi connectivity index (χ0n) is 9.82. The molecule has 1 aromatic heterocycles. The van der Waals surface area contributed by atoms with Gasteiger partial charge in [-0.15, -0.1) is 10.2 Å². The first-order chi connectivity index (χ1) is 8.65. The van der Waals surface area contributed by atoms with Gasteiger partial charge in [-0.25, -0.2) is 0 Å². The lowest BCUT2D eigenvalue weighted by atomic mass is 10.1. The normalized spacial score (nSPS) is 10.4. The summed E-state index contributed by atoms with van der Waals surface area (Å²) in [6.07, 6.45) is 0.875. The fraction of sp³-hybridized carbons (Fsp3) is 0.250. The fourth-order valence-electron chi connectivity index (χ4n) is 1.60. The topological polar surface area (TPSA) is 50.7 Å². The maximum Gasteiger partial charge on any atom is 0.245 e. The summed E-state index contributed by atoms with van der Waals surface area (Å²) in [6.45, 7) is 2.78. The molecule has 1 heterocycles. The monoisotopic (exact) mass is 282 g/mol. The smallest absolute Gasteiger partial charge is 0.245 e. The van der Waals surface area contributed by atoms with Crippen molar-refractivity contribution in [1.29, 1.82) is 0 Å². The van der Waals surface area contributed by atoms with E-state index in [1.807, 2.05) is 6.07 Å². The third kappa shape index (κ3) is 3.55. The van der Waals surface area contributed by atoms with Crippen molar-refractivity contribution in [3.63, 3.8) is 0 Å². The number of benzene rings is 1. The minimum absolute atomic E-state index is 0.0810. The molecule has 0 bridgehead atoms. The molecule has 2 aromatic rings. The molecule has 2 rings (SSSR count). The molecule has 6 heteroatoms. The summed E-state index contributed by atoms with van der Waals surface area (Å²) in [7, 11) is 0. The van der Waals surface area contributed by atoms with Crippen molar-refractivity contribution in [3.8, 4) is 0 Å². The van der Waals surface area contributed by atoms with Gasteiger partial charge in [-0.3, -0.25) is 0 Å². The number of nitrogens with one attached hydrogen (secondary N) is 1. The van der Waals surface area contributed by atoms with Crippen LogP contribution in [0.3, 0.4) is 0 Å². The lowest BCUT2D eigenvalue weighted by Gasteiger charge is -2.06. The molecule has 0 radical (unpaired) electrons. The molecule has 4 nitrogen and oxygen atoms in total. The van der Waals surface area contributed by atoms with E-state index in [4.69, 9.17) is 23.2 Å². The van der Waals surface area contributed by atoms with E-state index in [1.54, 1.807) is 0 Å². The summed E-state index contributed by atoms with van der Waals surface area (Å²) >= 11 is 11.5. The van der Waals surface area contributed by atoms with Gasteiger partial charge in [-0.2, -0.15) is 4.98 Å². The molecule has 18 heavy (non-hydrogen) atoms. The molecule has 0 unspecified atom stereocenters. The molecule has 0 amide bonds. The molecule has 0 spiro atoms. The lowest BCUT2D eigenvalue weighted by molar-refractivity contribution is 0.944. The van der Waals surface area contributed by atoms with Crippen molar-refractivity contribution < 1.29 is 0 Å². The van der Waals surface area contributed by atoms with Gasteiger partial charge in [0.1, 0.15) is 0 Å². The molecule has 0 aliphatic heterocycles. The van der Waals surface area contributed by atoms with Gasteiger partial charge in [-0.1, -0.05) is 41.4 Å². The quantitative estimate of drug-likeness (QED) is 0.936. The Labute approximate surface area is 115 Å². The van der Waals surface area contributed by atoms with E-state index < -0.39 is 0 Å². The molecule has 0 fully saturated rings. The number of anilines is 1. The standard InChI is InChI=1S/C12H12Cl2N4/c1-8-3-2-4-9(7-8)5-6-15-11-10(13)17-18-12(14)16-11/h2-4,7H,5-6H2,1H3,(H,15,16,18). The Hall–Kier alpha value is -1.39. The number of hydrogen-bond donors (Lipinski definition) is 1. The van der Waals surface area contributed by atoms with Crippen molar-refractivity contribution in [2.24, 2.45) is 0 Å². The van der Waals surface area contributed by atoms with E-state index in [2.05, 4.69) is 45.6 Å². The first-order valence-electron chi connectivity index (χ1n) is 5.50. The van der Waals surface area contributed by atoms with Gasteiger partial charge in [0.2, 0.25) is 5.28 Å². The first-order valence-corrected chi connectivity index (χ1v) is 6.26. The minimum atomic E-state index is 0.0810. The predicted octanol–water partition coefficient (Wildman–Crippen LogP) is 3.14. The highest BCUT2D eigenvalue weighted by Crippen LogP contribution is 2.16. The van der Waals surface area contributed by atoms with Crippen molar-refractivity contribution in [2.45, 2.75) is 13.3 Å². The highest BCUT2D eigenvalue weighted by molar-refractivity contribution is 6.32. The van der Waals surface area contributed by atoms with E-state index in [1.165, 1.54) is 11.1 Å². The molecule has 0 aliphatic rings. The Bertz CT molecular complexity index is 545. The minimum Gasteiger partial charge on any atom is -0.367 e. The van der Waals surface area contributed by atoms with Crippen LogP contribution in [0.25, 0.3) is 0 Å². The molecule has 0 saturated heterocycles. The van der Waals surface area contributed by atoms with Crippen molar-refractivity contribution in [3.05, 3.63) is 45.8 Å². The third-order valence-electron chi connectivity index (χ3n) is 2.41. The number of aromatic nitrogens is 3. The molecule has 0 aliphatic carbocycles. The van der Waals surface area contributed by atoms with Crippen LogP contribution in [0.15, 0.2) is 24.3 Å². The molecule has 1 aromatic carbocycles. The lowest BCUT2D eigenvalue weighted by Crippen LogP contribution is -2.08. The highest BCUT2D eigenvalue weighted by atomic mass is 35.5. The zero-order chi connectivity index (χ0) is 13.0. The Kier molecular flexibility index (Phi) is 4.33. The van der Waals surface area contributed by atoms with Gasteiger partial charge < -0.3 is 5.32 Å². The second-order valence-electron chi connectivity index (χ2n) is 3.89. The van der Waals surface area contributed by atoms with Gasteiger partial charge >= 0.3 is 0 Å². The Balaban J connectivity index is 1.94. The van der Waals surface area contributed by atoms with Crippen molar-refractivity contribution in [2.75, 3.05) is 11.9 Å². The summed E-state index contributed by atoms with van der Waals surface area (Å²) in [6, 6.07) is 8.35. The average Bonchev–Trinajstić information content (AvgIpc) is 2.34. The summed E-state index contributed by atoms with van der Waals surface area (Å²) in [4.78, 5) is 3.97. The summed E-state index contributed by atoms with van der Waals surface area (Å²) in [5.74, 6) is 0.462. The molecule has 0 saturated carbocycles. The van der Waals surface area contributed by atoms with E-state index in [9.17, 15) is 0 Å². The van der Waals surface area contributed by atoms with Crippen molar-refractivity contribution in [1.82, 2.24) is 15.2 Å². The van der Waals surface area contributed by atoms with Crippen LogP contribution in [0.1, 0.15) is 11.1 Å². The van der Waals surface area contributed by atoms with Crippen LogP contribution < -0.4 is 5.32 Å². The Morgan fingerprint density at radius 1 is 1.22 bits per heavy atom. The number of halogens is 2.